The van der Waals surface area contributed by atoms with Crippen LogP contribution < -0.4 is 9.47 Å². The minimum atomic E-state index is 0.470. The Kier molecular flexibility index (Phi) is 5.22. The molecule has 0 spiro atoms. The topological polar surface area (TPSA) is 42.2 Å². The van der Waals surface area contributed by atoms with E-state index < -0.39 is 0 Å². The van der Waals surface area contributed by atoms with Gasteiger partial charge in [-0.25, -0.2) is 0 Å². The van der Waals surface area contributed by atoms with E-state index in [1.54, 1.807) is 24.3 Å². The van der Waals surface area contributed by atoms with Crippen LogP contribution in [0.1, 0.15) is 30.9 Å². The molecule has 2 aromatic carbocycles. The molecule has 2 aromatic rings. The fourth-order valence-corrected chi connectivity index (χ4v) is 1.89. The van der Waals surface area contributed by atoms with Crippen LogP contribution in [0, 0.1) is 11.3 Å². The van der Waals surface area contributed by atoms with Crippen molar-refractivity contribution in [1.82, 2.24) is 0 Å². The molecule has 0 atom stereocenters. The van der Waals surface area contributed by atoms with Crippen molar-refractivity contribution >= 4 is 0 Å². The number of nitrogens with zero attached hydrogens (tertiary/aromatic N) is 1. The molecule has 3 heteroatoms. The third-order valence-electron chi connectivity index (χ3n) is 3.15. The van der Waals surface area contributed by atoms with Crippen molar-refractivity contribution in [2.45, 2.75) is 19.8 Å². The van der Waals surface area contributed by atoms with Crippen molar-refractivity contribution in [3.05, 3.63) is 59.7 Å². The summed E-state index contributed by atoms with van der Waals surface area (Å²) in [6.07, 6.45) is 0. The third kappa shape index (κ3) is 4.54. The second-order valence-corrected chi connectivity index (χ2v) is 5.06. The lowest BCUT2D eigenvalue weighted by Crippen LogP contribution is -2.09. The average Bonchev–Trinajstić information content (AvgIpc) is 2.52. The standard InChI is InChI=1S/C18H19NO2/c1-14(2)16-5-9-18(10-6-16)21-12-11-20-17-7-3-15(13-19)4-8-17/h3-10,14H,11-12H2,1-2H3. The monoisotopic (exact) mass is 281 g/mol. The maximum absolute atomic E-state index is 8.71. The van der Waals surface area contributed by atoms with E-state index >= 15 is 0 Å². The van der Waals surface area contributed by atoms with E-state index in [9.17, 15) is 0 Å². The van der Waals surface area contributed by atoms with Crippen LogP contribution in [0.2, 0.25) is 0 Å². The van der Waals surface area contributed by atoms with E-state index in [4.69, 9.17) is 14.7 Å². The average molecular weight is 281 g/mol. The molecular formula is C18H19NO2. The van der Waals surface area contributed by atoms with E-state index in [-0.39, 0.29) is 0 Å². The van der Waals surface area contributed by atoms with Crippen molar-refractivity contribution in [2.24, 2.45) is 0 Å². The van der Waals surface area contributed by atoms with Gasteiger partial charge in [-0.3, -0.25) is 0 Å². The van der Waals surface area contributed by atoms with Gasteiger partial charge in [0.05, 0.1) is 11.6 Å². The summed E-state index contributed by atoms with van der Waals surface area (Å²) in [7, 11) is 0. The van der Waals surface area contributed by atoms with Crippen LogP contribution in [0.15, 0.2) is 48.5 Å². The van der Waals surface area contributed by atoms with Crippen LogP contribution in [0.25, 0.3) is 0 Å². The highest BCUT2D eigenvalue weighted by atomic mass is 16.5. The summed E-state index contributed by atoms with van der Waals surface area (Å²) < 4.78 is 11.2. The molecule has 0 aliphatic rings. The van der Waals surface area contributed by atoms with Crippen LogP contribution in [0.5, 0.6) is 11.5 Å². The zero-order valence-electron chi connectivity index (χ0n) is 12.4. The van der Waals surface area contributed by atoms with E-state index in [2.05, 4.69) is 32.0 Å². The van der Waals surface area contributed by atoms with Gasteiger partial charge < -0.3 is 9.47 Å². The number of ether oxygens (including phenoxy) is 2. The lowest BCUT2D eigenvalue weighted by Gasteiger charge is -2.10. The van der Waals surface area contributed by atoms with Gasteiger partial charge in [-0.2, -0.15) is 5.26 Å². The summed E-state index contributed by atoms with van der Waals surface area (Å²) in [6, 6.07) is 17.3. The van der Waals surface area contributed by atoms with Crippen LogP contribution in [0.4, 0.5) is 0 Å². The van der Waals surface area contributed by atoms with Gasteiger partial charge in [-0.05, 0) is 47.9 Å². The molecule has 0 radical (unpaired) electrons. The van der Waals surface area contributed by atoms with Gasteiger partial charge in [0.15, 0.2) is 0 Å². The lowest BCUT2D eigenvalue weighted by molar-refractivity contribution is 0.217. The molecule has 0 unspecified atom stereocenters. The first-order valence-electron chi connectivity index (χ1n) is 7.05. The number of benzene rings is 2. The Morgan fingerprint density at radius 3 is 1.76 bits per heavy atom. The fourth-order valence-electron chi connectivity index (χ4n) is 1.89. The fraction of sp³-hybridized carbons (Fsp3) is 0.278. The normalized spacial score (nSPS) is 10.2. The molecule has 3 nitrogen and oxygen atoms in total. The number of hydrogen-bond donors (Lipinski definition) is 0. The van der Waals surface area contributed by atoms with Crippen molar-refractivity contribution in [3.8, 4) is 17.6 Å². The summed E-state index contributed by atoms with van der Waals surface area (Å²) in [6.45, 7) is 5.29. The quantitative estimate of drug-likeness (QED) is 0.747. The summed E-state index contributed by atoms with van der Waals surface area (Å²) in [5.41, 5.74) is 1.93. The minimum Gasteiger partial charge on any atom is -0.490 e. The van der Waals surface area contributed by atoms with E-state index in [1.807, 2.05) is 12.1 Å². The molecule has 0 fully saturated rings. The first kappa shape index (κ1) is 14.9. The Bertz CT molecular complexity index is 595. The van der Waals surface area contributed by atoms with Gasteiger partial charge in [-0.15, -0.1) is 0 Å². The molecule has 0 amide bonds. The largest absolute Gasteiger partial charge is 0.490 e. The first-order chi connectivity index (χ1) is 10.2. The molecule has 0 saturated carbocycles. The summed E-state index contributed by atoms with van der Waals surface area (Å²) in [5.74, 6) is 2.12. The first-order valence-corrected chi connectivity index (χ1v) is 7.05. The Morgan fingerprint density at radius 1 is 0.857 bits per heavy atom. The molecule has 0 aliphatic heterocycles. The zero-order chi connectivity index (χ0) is 15.1. The molecule has 0 bridgehead atoms. The molecule has 2 rings (SSSR count). The third-order valence-corrected chi connectivity index (χ3v) is 3.15. The Balaban J connectivity index is 1.75. The van der Waals surface area contributed by atoms with Gasteiger partial charge in [0.2, 0.25) is 0 Å². The molecule has 0 saturated heterocycles. The Labute approximate surface area is 125 Å². The van der Waals surface area contributed by atoms with Crippen LogP contribution >= 0.6 is 0 Å². The highest BCUT2D eigenvalue weighted by Crippen LogP contribution is 2.18. The van der Waals surface area contributed by atoms with Crippen molar-refractivity contribution < 1.29 is 9.47 Å². The molecule has 108 valence electrons. The predicted octanol–water partition coefficient (Wildman–Crippen LogP) is 4.14. The number of nitriles is 1. The minimum absolute atomic E-state index is 0.470. The van der Waals surface area contributed by atoms with Gasteiger partial charge in [0, 0.05) is 0 Å². The second kappa shape index (κ2) is 7.35. The van der Waals surface area contributed by atoms with Gasteiger partial charge >= 0.3 is 0 Å². The van der Waals surface area contributed by atoms with Crippen molar-refractivity contribution in [3.63, 3.8) is 0 Å². The predicted molar refractivity (Wildman–Crippen MR) is 82.7 cm³/mol. The van der Waals surface area contributed by atoms with Gasteiger partial charge in [-0.1, -0.05) is 26.0 Å². The van der Waals surface area contributed by atoms with E-state index in [0.29, 0.717) is 24.7 Å². The van der Waals surface area contributed by atoms with Gasteiger partial charge in [0.25, 0.3) is 0 Å². The summed E-state index contributed by atoms with van der Waals surface area (Å²) >= 11 is 0. The smallest absolute Gasteiger partial charge is 0.122 e. The zero-order valence-corrected chi connectivity index (χ0v) is 12.4. The van der Waals surface area contributed by atoms with Crippen LogP contribution in [-0.4, -0.2) is 13.2 Å². The molecule has 0 heterocycles. The van der Waals surface area contributed by atoms with Crippen LogP contribution in [0.3, 0.4) is 0 Å². The Hall–Kier alpha value is -2.47. The summed E-state index contributed by atoms with van der Waals surface area (Å²) in [4.78, 5) is 0. The highest BCUT2D eigenvalue weighted by Gasteiger charge is 2.00. The second-order valence-electron chi connectivity index (χ2n) is 5.06. The van der Waals surface area contributed by atoms with E-state index in [0.717, 1.165) is 11.5 Å². The molecular weight excluding hydrogens is 262 g/mol. The summed E-state index contributed by atoms with van der Waals surface area (Å²) in [5, 5.41) is 8.71. The molecule has 0 aromatic heterocycles. The van der Waals surface area contributed by atoms with E-state index in [1.165, 1.54) is 5.56 Å². The molecule has 21 heavy (non-hydrogen) atoms. The maximum atomic E-state index is 8.71. The van der Waals surface area contributed by atoms with Crippen molar-refractivity contribution in [2.75, 3.05) is 13.2 Å². The van der Waals surface area contributed by atoms with Crippen molar-refractivity contribution in [1.29, 1.82) is 5.26 Å². The SMILES string of the molecule is CC(C)c1ccc(OCCOc2ccc(C#N)cc2)cc1. The lowest BCUT2D eigenvalue weighted by atomic mass is 10.0. The van der Waals surface area contributed by atoms with Gasteiger partial charge in [0.1, 0.15) is 24.7 Å². The number of hydrogen-bond acceptors (Lipinski definition) is 3. The number of rotatable bonds is 6. The van der Waals surface area contributed by atoms with Crippen LogP contribution in [-0.2, 0) is 0 Å². The Morgan fingerprint density at radius 2 is 1.33 bits per heavy atom. The highest BCUT2D eigenvalue weighted by molar-refractivity contribution is 5.34. The molecule has 0 aliphatic carbocycles. The molecule has 0 N–H and O–H groups in total. The maximum Gasteiger partial charge on any atom is 0.122 e.